The number of nitrogens with one attached hydrogen (secondary N) is 2. The normalized spacial score (nSPS) is 13.3. The Morgan fingerprint density at radius 3 is 2.27 bits per heavy atom. The van der Waals surface area contributed by atoms with Gasteiger partial charge in [0.1, 0.15) is 5.00 Å². The Balaban J connectivity index is 1.72. The third kappa shape index (κ3) is 5.69. The lowest BCUT2D eigenvalue weighted by Gasteiger charge is -2.26. The fraction of sp³-hybridized carbons (Fsp3) is 0.391. The van der Waals surface area contributed by atoms with Gasteiger partial charge < -0.3 is 25.2 Å². The Hall–Kier alpha value is -2.98. The van der Waals surface area contributed by atoms with Gasteiger partial charge in [0.05, 0.1) is 17.6 Å². The molecule has 1 aliphatic rings. The molecule has 0 aliphatic carbocycles. The van der Waals surface area contributed by atoms with E-state index in [1.165, 1.54) is 18.4 Å². The van der Waals surface area contributed by atoms with Gasteiger partial charge in [0, 0.05) is 38.4 Å². The monoisotopic (exact) mass is 488 g/mol. The topological polar surface area (TPSA) is 91.0 Å². The van der Waals surface area contributed by atoms with Crippen molar-refractivity contribution in [3.8, 4) is 0 Å². The zero-order chi connectivity index (χ0) is 24.1. The number of rotatable bonds is 5. The largest absolute Gasteiger partial charge is 0.465 e. The summed E-state index contributed by atoms with van der Waals surface area (Å²) >= 11 is 6.57. The number of carbonyl (C=O) groups is 3. The number of piperidine rings is 1. The van der Waals surface area contributed by atoms with E-state index < -0.39 is 5.97 Å². The number of likely N-dealkylation sites (tertiary alicyclic amines) is 1. The van der Waals surface area contributed by atoms with Crippen molar-refractivity contribution in [3.05, 3.63) is 45.8 Å². The molecule has 1 aliphatic heterocycles. The minimum absolute atomic E-state index is 0.0387. The van der Waals surface area contributed by atoms with E-state index in [1.807, 2.05) is 4.90 Å². The van der Waals surface area contributed by atoms with E-state index in [9.17, 15) is 14.4 Å². The Labute approximate surface area is 202 Å². The number of benzene rings is 1. The van der Waals surface area contributed by atoms with Gasteiger partial charge in [-0.05, 0) is 68.2 Å². The quantitative estimate of drug-likeness (QED) is 0.486. The Bertz CT molecular complexity index is 1060. The molecule has 33 heavy (non-hydrogen) atoms. The smallest absolute Gasteiger partial charge is 0.341 e. The first-order valence-corrected chi connectivity index (χ1v) is 11.9. The predicted molar refractivity (Wildman–Crippen MR) is 134 cm³/mol. The van der Waals surface area contributed by atoms with E-state index in [4.69, 9.17) is 17.0 Å². The summed E-state index contributed by atoms with van der Waals surface area (Å²) in [4.78, 5) is 41.3. The van der Waals surface area contributed by atoms with Crippen molar-refractivity contribution in [3.63, 3.8) is 0 Å². The van der Waals surface area contributed by atoms with E-state index in [-0.39, 0.29) is 22.5 Å². The first kappa shape index (κ1) is 24.7. The van der Waals surface area contributed by atoms with Crippen LogP contribution in [0.3, 0.4) is 0 Å². The first-order chi connectivity index (χ1) is 15.7. The van der Waals surface area contributed by atoms with E-state index in [0.717, 1.165) is 37.3 Å². The number of hydrogen-bond donors (Lipinski definition) is 2. The van der Waals surface area contributed by atoms with Crippen molar-refractivity contribution in [2.75, 3.05) is 44.9 Å². The molecular weight excluding hydrogens is 460 g/mol. The van der Waals surface area contributed by atoms with Crippen LogP contribution in [0.2, 0.25) is 0 Å². The maximum Gasteiger partial charge on any atom is 0.341 e. The van der Waals surface area contributed by atoms with Crippen LogP contribution in [0, 0.1) is 6.92 Å². The molecule has 0 spiro atoms. The third-order valence-electron chi connectivity index (χ3n) is 5.40. The number of methoxy groups -OCH3 is 1. The van der Waals surface area contributed by atoms with Crippen LogP contribution < -0.4 is 10.6 Å². The molecule has 2 heterocycles. The fourth-order valence-corrected chi connectivity index (χ4v) is 5.10. The van der Waals surface area contributed by atoms with Crippen LogP contribution in [0.25, 0.3) is 0 Å². The highest BCUT2D eigenvalue weighted by Gasteiger charge is 2.26. The molecule has 1 aromatic heterocycles. The minimum Gasteiger partial charge on any atom is -0.465 e. The predicted octanol–water partition coefficient (Wildman–Crippen LogP) is 3.98. The van der Waals surface area contributed by atoms with Crippen molar-refractivity contribution in [1.29, 1.82) is 0 Å². The molecule has 2 aromatic rings. The zero-order valence-electron chi connectivity index (χ0n) is 19.2. The number of anilines is 2. The molecule has 8 nitrogen and oxygen atoms in total. The molecule has 0 unspecified atom stereocenters. The van der Waals surface area contributed by atoms with Gasteiger partial charge in [0.15, 0.2) is 5.11 Å². The molecule has 2 N–H and O–H groups in total. The molecule has 1 fully saturated rings. The number of thiocarbonyl (C=S) groups is 1. The molecule has 10 heteroatoms. The average molecular weight is 489 g/mol. The highest BCUT2D eigenvalue weighted by atomic mass is 32.1. The van der Waals surface area contributed by atoms with Crippen molar-refractivity contribution in [1.82, 2.24) is 9.80 Å². The van der Waals surface area contributed by atoms with Crippen molar-refractivity contribution >= 4 is 57.1 Å². The van der Waals surface area contributed by atoms with E-state index in [1.54, 1.807) is 45.3 Å². The lowest BCUT2D eigenvalue weighted by atomic mass is 10.1. The van der Waals surface area contributed by atoms with Gasteiger partial charge in [-0.1, -0.05) is 0 Å². The third-order valence-corrected chi connectivity index (χ3v) is 6.80. The van der Waals surface area contributed by atoms with Crippen LogP contribution in [0.15, 0.2) is 24.3 Å². The van der Waals surface area contributed by atoms with Crippen LogP contribution >= 0.6 is 23.6 Å². The summed E-state index contributed by atoms with van der Waals surface area (Å²) in [7, 11) is 4.59. The maximum absolute atomic E-state index is 12.6. The van der Waals surface area contributed by atoms with Crippen molar-refractivity contribution in [2.45, 2.75) is 26.2 Å². The molecule has 2 amide bonds. The highest BCUT2D eigenvalue weighted by molar-refractivity contribution is 7.80. The summed E-state index contributed by atoms with van der Waals surface area (Å²) in [6.07, 6.45) is 3.26. The average Bonchev–Trinajstić information content (AvgIpc) is 3.13. The Morgan fingerprint density at radius 2 is 1.70 bits per heavy atom. The number of ether oxygens (including phenoxy) is 1. The van der Waals surface area contributed by atoms with Gasteiger partial charge >= 0.3 is 5.97 Å². The SMILES string of the molecule is COC(=O)c1c(NC(=S)Nc2ccc(C(=O)N3CCCCC3)cc2)sc(C(=O)N(C)C)c1C. The van der Waals surface area contributed by atoms with Gasteiger partial charge in [0.2, 0.25) is 0 Å². The second-order valence-electron chi connectivity index (χ2n) is 7.96. The fourth-order valence-electron chi connectivity index (χ4n) is 3.60. The number of carbonyl (C=O) groups excluding carboxylic acids is 3. The summed E-state index contributed by atoms with van der Waals surface area (Å²) in [6.45, 7) is 3.31. The second kappa shape index (κ2) is 10.8. The molecule has 1 saturated heterocycles. The van der Waals surface area contributed by atoms with Gasteiger partial charge in [-0.25, -0.2) is 4.79 Å². The first-order valence-electron chi connectivity index (χ1n) is 10.6. The molecular formula is C23H28N4O4S2. The molecule has 0 bridgehead atoms. The van der Waals surface area contributed by atoms with Crippen LogP contribution in [0.4, 0.5) is 10.7 Å². The zero-order valence-corrected chi connectivity index (χ0v) is 20.8. The Morgan fingerprint density at radius 1 is 1.06 bits per heavy atom. The molecule has 176 valence electrons. The highest BCUT2D eigenvalue weighted by Crippen LogP contribution is 2.34. The number of nitrogens with zero attached hydrogens (tertiary/aromatic N) is 2. The van der Waals surface area contributed by atoms with Crippen LogP contribution in [-0.2, 0) is 4.74 Å². The molecule has 1 aromatic carbocycles. The molecule has 3 rings (SSSR count). The maximum atomic E-state index is 12.6. The summed E-state index contributed by atoms with van der Waals surface area (Å²) in [5.74, 6) is -0.715. The molecule has 0 radical (unpaired) electrons. The van der Waals surface area contributed by atoms with Crippen LogP contribution in [0.1, 0.15) is 55.2 Å². The molecule has 0 atom stereocenters. The number of hydrogen-bond acceptors (Lipinski definition) is 6. The van der Waals surface area contributed by atoms with Crippen LogP contribution in [-0.4, -0.2) is 67.0 Å². The summed E-state index contributed by atoms with van der Waals surface area (Å²) in [6, 6.07) is 7.11. The van der Waals surface area contributed by atoms with Gasteiger partial charge in [-0.2, -0.15) is 0 Å². The molecule has 0 saturated carbocycles. The van der Waals surface area contributed by atoms with Gasteiger partial charge in [0.25, 0.3) is 11.8 Å². The van der Waals surface area contributed by atoms with E-state index >= 15 is 0 Å². The minimum atomic E-state index is -0.549. The van der Waals surface area contributed by atoms with E-state index in [2.05, 4.69) is 10.6 Å². The number of esters is 1. The number of amides is 2. The van der Waals surface area contributed by atoms with Crippen molar-refractivity contribution < 1.29 is 19.1 Å². The van der Waals surface area contributed by atoms with Crippen LogP contribution in [0.5, 0.6) is 0 Å². The summed E-state index contributed by atoms with van der Waals surface area (Å²) in [5, 5.41) is 6.75. The Kier molecular flexibility index (Phi) is 8.04. The lowest BCUT2D eigenvalue weighted by Crippen LogP contribution is -2.35. The summed E-state index contributed by atoms with van der Waals surface area (Å²) < 4.78 is 4.90. The summed E-state index contributed by atoms with van der Waals surface area (Å²) in [5.41, 5.74) is 2.14. The standard InChI is InChI=1S/C23H28N4O4S2/c1-14-17(22(30)31-4)19(33-18(14)21(29)26(2)3)25-23(32)24-16-10-8-15(9-11-16)20(28)27-12-6-5-7-13-27/h8-11H,5-7,12-13H2,1-4H3,(H2,24,25,32). The second-order valence-corrected chi connectivity index (χ2v) is 9.39. The van der Waals surface area contributed by atoms with Gasteiger partial charge in [-0.15, -0.1) is 11.3 Å². The lowest BCUT2D eigenvalue weighted by molar-refractivity contribution is 0.0601. The van der Waals surface area contributed by atoms with Crippen molar-refractivity contribution in [2.24, 2.45) is 0 Å². The van der Waals surface area contributed by atoms with E-state index in [0.29, 0.717) is 26.7 Å². The number of thiophene rings is 1. The van der Waals surface area contributed by atoms with Gasteiger partial charge in [-0.3, -0.25) is 9.59 Å².